The van der Waals surface area contributed by atoms with Gasteiger partial charge in [0.15, 0.2) is 5.82 Å². The van der Waals surface area contributed by atoms with Crippen molar-refractivity contribution in [2.75, 3.05) is 5.32 Å². The number of amides is 1. The summed E-state index contributed by atoms with van der Waals surface area (Å²) in [5.41, 5.74) is 1.32. The lowest BCUT2D eigenvalue weighted by Crippen LogP contribution is -2.12. The van der Waals surface area contributed by atoms with Gasteiger partial charge in [-0.1, -0.05) is 18.2 Å². The van der Waals surface area contributed by atoms with Gasteiger partial charge in [0.05, 0.1) is 15.9 Å². The quantitative estimate of drug-likeness (QED) is 0.343. The minimum Gasteiger partial charge on any atom is -0.489 e. The van der Waals surface area contributed by atoms with Crippen LogP contribution in [0.2, 0.25) is 0 Å². The minimum absolute atomic E-state index is 0.241. The number of nitrogens with zero attached hydrogens (tertiary/aromatic N) is 2. The molecule has 5 nitrogen and oxygen atoms in total. The van der Waals surface area contributed by atoms with Crippen molar-refractivity contribution in [2.45, 2.75) is 13.2 Å². The van der Waals surface area contributed by atoms with Crippen molar-refractivity contribution >= 4 is 39.0 Å². The molecule has 9 heteroatoms. The molecule has 2 aromatic carbocycles. The summed E-state index contributed by atoms with van der Waals surface area (Å²) in [6.45, 7) is 0.501. The fourth-order valence-corrected chi connectivity index (χ4v) is 4.01. The van der Waals surface area contributed by atoms with Gasteiger partial charge in [-0.3, -0.25) is 9.48 Å². The van der Waals surface area contributed by atoms with Gasteiger partial charge in [-0.25, -0.2) is 8.78 Å². The largest absolute Gasteiger partial charge is 0.489 e. The summed E-state index contributed by atoms with van der Waals surface area (Å²) < 4.78 is 34.6. The van der Waals surface area contributed by atoms with E-state index in [1.807, 2.05) is 5.38 Å². The van der Waals surface area contributed by atoms with E-state index in [2.05, 4.69) is 26.3 Å². The van der Waals surface area contributed by atoms with Gasteiger partial charge in [-0.2, -0.15) is 5.10 Å². The third-order valence-electron chi connectivity index (χ3n) is 4.34. The normalized spacial score (nSPS) is 10.8. The maximum absolute atomic E-state index is 13.9. The predicted molar refractivity (Wildman–Crippen MR) is 118 cm³/mol. The van der Waals surface area contributed by atoms with E-state index in [0.29, 0.717) is 26.5 Å². The highest BCUT2D eigenvalue weighted by atomic mass is 79.9. The van der Waals surface area contributed by atoms with Crippen LogP contribution >= 0.6 is 27.3 Å². The summed E-state index contributed by atoms with van der Waals surface area (Å²) in [5, 5.41) is 8.90. The highest BCUT2D eigenvalue weighted by molar-refractivity contribution is 9.10. The SMILES string of the molecule is O=C(Nc1nn(Cc2ccccc2F)cc1Br)c1cc(COc2ccc(F)cc2)cs1. The highest BCUT2D eigenvalue weighted by Crippen LogP contribution is 2.24. The summed E-state index contributed by atoms with van der Waals surface area (Å²) >= 11 is 4.66. The second-order valence-corrected chi connectivity index (χ2v) is 8.40. The van der Waals surface area contributed by atoms with E-state index in [4.69, 9.17) is 4.74 Å². The molecule has 0 unspecified atom stereocenters. The number of thiophene rings is 1. The first-order valence-electron chi connectivity index (χ1n) is 9.21. The first-order valence-corrected chi connectivity index (χ1v) is 10.9. The number of carbonyl (C=O) groups is 1. The fourth-order valence-electron chi connectivity index (χ4n) is 2.80. The molecule has 0 fully saturated rings. The summed E-state index contributed by atoms with van der Waals surface area (Å²) in [5.74, 6) is -0.0605. The van der Waals surface area contributed by atoms with Crippen LogP contribution in [0.1, 0.15) is 20.8 Å². The van der Waals surface area contributed by atoms with Crippen LogP contribution in [0.25, 0.3) is 0 Å². The number of ether oxygens (including phenoxy) is 1. The van der Waals surface area contributed by atoms with Gasteiger partial charge < -0.3 is 10.1 Å². The molecule has 1 amide bonds. The monoisotopic (exact) mass is 503 g/mol. The number of aromatic nitrogens is 2. The molecule has 0 atom stereocenters. The summed E-state index contributed by atoms with van der Waals surface area (Å²) in [4.78, 5) is 13.1. The molecule has 1 N–H and O–H groups in total. The van der Waals surface area contributed by atoms with E-state index in [9.17, 15) is 13.6 Å². The van der Waals surface area contributed by atoms with Crippen LogP contribution in [0.15, 0.2) is 70.6 Å². The Morgan fingerprint density at radius 2 is 1.94 bits per heavy atom. The van der Waals surface area contributed by atoms with Crippen molar-refractivity contribution < 1.29 is 18.3 Å². The predicted octanol–water partition coefficient (Wildman–Crippen LogP) is 5.86. The molecule has 0 aliphatic carbocycles. The van der Waals surface area contributed by atoms with E-state index in [1.54, 1.807) is 47.3 Å². The Morgan fingerprint density at radius 1 is 1.16 bits per heavy atom. The number of rotatable bonds is 7. The first-order chi connectivity index (χ1) is 15.0. The van der Waals surface area contributed by atoms with Crippen LogP contribution in [-0.4, -0.2) is 15.7 Å². The van der Waals surface area contributed by atoms with E-state index >= 15 is 0 Å². The molecular formula is C22H16BrF2N3O2S. The molecule has 0 saturated heterocycles. The van der Waals surface area contributed by atoms with Crippen LogP contribution in [0.4, 0.5) is 14.6 Å². The zero-order valence-electron chi connectivity index (χ0n) is 16.0. The molecule has 0 aliphatic heterocycles. The van der Waals surface area contributed by atoms with E-state index in [0.717, 1.165) is 5.56 Å². The van der Waals surface area contributed by atoms with Crippen LogP contribution < -0.4 is 10.1 Å². The van der Waals surface area contributed by atoms with Crippen molar-refractivity contribution in [2.24, 2.45) is 0 Å². The lowest BCUT2D eigenvalue weighted by molar-refractivity contribution is 0.103. The Bertz CT molecular complexity index is 1210. The van der Waals surface area contributed by atoms with Crippen molar-refractivity contribution in [1.82, 2.24) is 9.78 Å². The fraction of sp³-hybridized carbons (Fsp3) is 0.0909. The summed E-state index contributed by atoms with van der Waals surface area (Å²) in [6, 6.07) is 13.9. The minimum atomic E-state index is -0.329. The standard InChI is InChI=1S/C22H16BrF2N3O2S/c23-18-11-28(10-15-3-1-2-4-19(15)25)27-21(18)26-22(29)20-9-14(13-31-20)12-30-17-7-5-16(24)6-8-17/h1-9,11,13H,10,12H2,(H,26,27,29). The second-order valence-electron chi connectivity index (χ2n) is 6.63. The molecule has 0 bridgehead atoms. The molecule has 0 saturated carbocycles. The smallest absolute Gasteiger partial charge is 0.266 e. The van der Waals surface area contributed by atoms with Crippen molar-refractivity contribution in [3.63, 3.8) is 0 Å². The molecule has 0 aliphatic rings. The van der Waals surface area contributed by atoms with E-state index in [-0.39, 0.29) is 30.7 Å². The molecule has 0 radical (unpaired) electrons. The zero-order valence-corrected chi connectivity index (χ0v) is 18.4. The molecule has 0 spiro atoms. The Morgan fingerprint density at radius 3 is 2.71 bits per heavy atom. The number of hydrogen-bond acceptors (Lipinski definition) is 4. The average Bonchev–Trinajstić information content (AvgIpc) is 3.36. The molecule has 158 valence electrons. The molecular weight excluding hydrogens is 488 g/mol. The Kier molecular flexibility index (Phi) is 6.43. The number of anilines is 1. The highest BCUT2D eigenvalue weighted by Gasteiger charge is 2.15. The molecule has 2 aromatic heterocycles. The summed E-state index contributed by atoms with van der Waals surface area (Å²) in [7, 11) is 0. The van der Waals surface area contributed by atoms with Crippen LogP contribution in [0, 0.1) is 11.6 Å². The number of benzene rings is 2. The van der Waals surface area contributed by atoms with Gasteiger partial charge in [0, 0.05) is 17.3 Å². The van der Waals surface area contributed by atoms with Gasteiger partial charge >= 0.3 is 0 Å². The van der Waals surface area contributed by atoms with Crippen LogP contribution in [0.5, 0.6) is 5.75 Å². The van der Waals surface area contributed by atoms with Crippen LogP contribution in [-0.2, 0) is 13.2 Å². The van der Waals surface area contributed by atoms with Crippen molar-refractivity contribution in [3.05, 3.63) is 98.3 Å². The Balaban J connectivity index is 1.38. The molecule has 4 aromatic rings. The van der Waals surface area contributed by atoms with Gasteiger partial charge in [0.25, 0.3) is 5.91 Å². The first kappa shape index (κ1) is 21.2. The Hall–Kier alpha value is -3.04. The van der Waals surface area contributed by atoms with Gasteiger partial charge in [0.1, 0.15) is 24.0 Å². The maximum Gasteiger partial charge on any atom is 0.266 e. The second kappa shape index (κ2) is 9.40. The van der Waals surface area contributed by atoms with Gasteiger partial charge in [-0.05, 0) is 57.7 Å². The average molecular weight is 504 g/mol. The maximum atomic E-state index is 13.9. The van der Waals surface area contributed by atoms with Crippen molar-refractivity contribution in [1.29, 1.82) is 0 Å². The van der Waals surface area contributed by atoms with Gasteiger partial charge in [0.2, 0.25) is 0 Å². The lowest BCUT2D eigenvalue weighted by Gasteiger charge is -2.04. The number of hydrogen-bond donors (Lipinski definition) is 1. The van der Waals surface area contributed by atoms with E-state index in [1.165, 1.54) is 29.5 Å². The van der Waals surface area contributed by atoms with E-state index < -0.39 is 0 Å². The number of carbonyl (C=O) groups excluding carboxylic acids is 1. The topological polar surface area (TPSA) is 56.2 Å². The molecule has 2 heterocycles. The van der Waals surface area contributed by atoms with Crippen LogP contribution in [0.3, 0.4) is 0 Å². The number of halogens is 3. The summed E-state index contributed by atoms with van der Waals surface area (Å²) in [6.07, 6.45) is 1.68. The van der Waals surface area contributed by atoms with Gasteiger partial charge in [-0.15, -0.1) is 11.3 Å². The zero-order chi connectivity index (χ0) is 21.8. The molecule has 31 heavy (non-hydrogen) atoms. The Labute approximate surface area is 189 Å². The third kappa shape index (κ3) is 5.36. The molecule has 4 rings (SSSR count). The third-order valence-corrected chi connectivity index (χ3v) is 5.89. The number of nitrogens with one attached hydrogen (secondary N) is 1. The lowest BCUT2D eigenvalue weighted by atomic mass is 10.2. The van der Waals surface area contributed by atoms with Crippen molar-refractivity contribution in [3.8, 4) is 5.75 Å².